The van der Waals surface area contributed by atoms with Gasteiger partial charge < -0.3 is 10.1 Å². The molecule has 2 rings (SSSR count). The van der Waals surface area contributed by atoms with Crippen LogP contribution in [-0.4, -0.2) is 40.3 Å². The molecule has 0 fully saturated rings. The Balaban J connectivity index is 2.21. The molecule has 0 saturated heterocycles. The standard InChI is InChI=1S/C17H21N3O3S/c1-4-10-18-15(21)12(2)23-16(22)14-11-19-17(24-3)20(14)13-8-6-5-7-9-13/h5-9,11-12H,4,10H2,1-3H3,(H,18,21)/t12-/m1/s1. The Kier molecular flexibility index (Phi) is 6.43. The van der Waals surface area contributed by atoms with Crippen LogP contribution in [0.5, 0.6) is 0 Å². The van der Waals surface area contributed by atoms with E-state index in [1.165, 1.54) is 18.0 Å². The molecule has 24 heavy (non-hydrogen) atoms. The lowest BCUT2D eigenvalue weighted by Crippen LogP contribution is -2.36. The SMILES string of the molecule is CCCNC(=O)[C@@H](C)OC(=O)c1cnc(SC)n1-c1ccccc1. The van der Waals surface area contributed by atoms with E-state index in [-0.39, 0.29) is 5.91 Å². The van der Waals surface area contributed by atoms with Gasteiger partial charge >= 0.3 is 5.97 Å². The third kappa shape index (κ3) is 4.17. The van der Waals surface area contributed by atoms with Crippen molar-refractivity contribution in [1.82, 2.24) is 14.9 Å². The molecule has 1 N–H and O–H groups in total. The average molecular weight is 347 g/mol. The molecule has 1 atom stereocenters. The molecule has 1 amide bonds. The topological polar surface area (TPSA) is 73.2 Å². The lowest BCUT2D eigenvalue weighted by atomic mass is 10.3. The van der Waals surface area contributed by atoms with Crippen LogP contribution in [0.4, 0.5) is 0 Å². The molecule has 0 aliphatic rings. The normalized spacial score (nSPS) is 11.8. The first-order valence-electron chi connectivity index (χ1n) is 7.74. The number of amides is 1. The highest BCUT2D eigenvalue weighted by Crippen LogP contribution is 2.22. The Labute approximate surface area is 145 Å². The van der Waals surface area contributed by atoms with Crippen molar-refractivity contribution in [3.8, 4) is 5.69 Å². The maximum atomic E-state index is 12.5. The molecule has 128 valence electrons. The third-order valence-electron chi connectivity index (χ3n) is 3.34. The van der Waals surface area contributed by atoms with E-state index in [0.29, 0.717) is 17.4 Å². The van der Waals surface area contributed by atoms with Gasteiger partial charge in [0.05, 0.1) is 6.20 Å². The molecule has 0 radical (unpaired) electrons. The highest BCUT2D eigenvalue weighted by molar-refractivity contribution is 7.98. The number of hydrogen-bond donors (Lipinski definition) is 1. The Hall–Kier alpha value is -2.28. The van der Waals surface area contributed by atoms with Crippen molar-refractivity contribution < 1.29 is 14.3 Å². The predicted molar refractivity (Wildman–Crippen MR) is 93.5 cm³/mol. The minimum Gasteiger partial charge on any atom is -0.448 e. The minimum atomic E-state index is -0.860. The van der Waals surface area contributed by atoms with Crippen molar-refractivity contribution >= 4 is 23.6 Å². The second kappa shape index (κ2) is 8.54. The molecular formula is C17H21N3O3S. The largest absolute Gasteiger partial charge is 0.448 e. The van der Waals surface area contributed by atoms with Crippen molar-refractivity contribution in [1.29, 1.82) is 0 Å². The second-order valence-electron chi connectivity index (χ2n) is 5.14. The molecule has 0 aliphatic heterocycles. The smallest absolute Gasteiger partial charge is 0.357 e. The molecule has 6 nitrogen and oxygen atoms in total. The van der Waals surface area contributed by atoms with Crippen LogP contribution in [0, 0.1) is 0 Å². The molecule has 0 spiro atoms. The van der Waals surface area contributed by atoms with Gasteiger partial charge in [-0.05, 0) is 31.7 Å². The fraction of sp³-hybridized carbons (Fsp3) is 0.353. The fourth-order valence-corrected chi connectivity index (χ4v) is 2.66. The summed E-state index contributed by atoms with van der Waals surface area (Å²) in [5.74, 6) is -0.883. The minimum absolute atomic E-state index is 0.292. The van der Waals surface area contributed by atoms with Crippen molar-refractivity contribution in [2.45, 2.75) is 31.5 Å². The van der Waals surface area contributed by atoms with Gasteiger partial charge in [0.1, 0.15) is 0 Å². The Bertz CT molecular complexity index is 700. The quantitative estimate of drug-likeness (QED) is 0.616. The number of carbonyl (C=O) groups is 2. The van der Waals surface area contributed by atoms with Crippen molar-refractivity contribution in [3.63, 3.8) is 0 Å². The van der Waals surface area contributed by atoms with E-state index >= 15 is 0 Å². The van der Waals surface area contributed by atoms with Gasteiger partial charge in [-0.2, -0.15) is 0 Å². The summed E-state index contributed by atoms with van der Waals surface area (Å²) in [6.07, 6.45) is 3.32. The van der Waals surface area contributed by atoms with E-state index in [1.807, 2.05) is 43.5 Å². The lowest BCUT2D eigenvalue weighted by Gasteiger charge is -2.14. The van der Waals surface area contributed by atoms with E-state index in [0.717, 1.165) is 12.1 Å². The number of imidazole rings is 1. The number of carbonyl (C=O) groups excluding carboxylic acids is 2. The van der Waals surface area contributed by atoms with Gasteiger partial charge in [-0.15, -0.1) is 0 Å². The van der Waals surface area contributed by atoms with Crippen LogP contribution in [-0.2, 0) is 9.53 Å². The fourth-order valence-electron chi connectivity index (χ4n) is 2.12. The van der Waals surface area contributed by atoms with Crippen LogP contribution in [0.3, 0.4) is 0 Å². The highest BCUT2D eigenvalue weighted by atomic mass is 32.2. The maximum Gasteiger partial charge on any atom is 0.357 e. The van der Waals surface area contributed by atoms with Crippen LogP contribution in [0.1, 0.15) is 30.8 Å². The first-order chi connectivity index (χ1) is 11.6. The molecule has 0 aliphatic carbocycles. The molecule has 7 heteroatoms. The number of para-hydroxylation sites is 1. The number of aromatic nitrogens is 2. The number of thioether (sulfide) groups is 1. The van der Waals surface area contributed by atoms with Gasteiger partial charge in [0, 0.05) is 12.2 Å². The number of rotatable bonds is 7. The molecule has 2 aromatic rings. The van der Waals surface area contributed by atoms with Crippen LogP contribution >= 0.6 is 11.8 Å². The molecule has 0 unspecified atom stereocenters. The number of ether oxygens (including phenoxy) is 1. The van der Waals surface area contributed by atoms with E-state index in [4.69, 9.17) is 4.74 Å². The monoisotopic (exact) mass is 347 g/mol. The third-order valence-corrected chi connectivity index (χ3v) is 3.99. The van der Waals surface area contributed by atoms with Gasteiger partial charge in [0.25, 0.3) is 5.91 Å². The number of esters is 1. The van der Waals surface area contributed by atoms with Crippen LogP contribution in [0.25, 0.3) is 5.69 Å². The van der Waals surface area contributed by atoms with Gasteiger partial charge in [0.2, 0.25) is 0 Å². The zero-order chi connectivity index (χ0) is 17.5. The maximum absolute atomic E-state index is 12.5. The van der Waals surface area contributed by atoms with Gasteiger partial charge in [-0.25, -0.2) is 9.78 Å². The number of nitrogens with zero attached hydrogens (tertiary/aromatic N) is 2. The van der Waals surface area contributed by atoms with Crippen LogP contribution in [0.2, 0.25) is 0 Å². The molecule has 0 saturated carbocycles. The summed E-state index contributed by atoms with van der Waals surface area (Å²) in [6, 6.07) is 9.44. The first-order valence-corrected chi connectivity index (χ1v) is 8.96. The Morgan fingerprint density at radius 3 is 2.67 bits per heavy atom. The summed E-state index contributed by atoms with van der Waals surface area (Å²) in [5.41, 5.74) is 1.11. The molecule has 1 heterocycles. The summed E-state index contributed by atoms with van der Waals surface area (Å²) in [4.78, 5) is 28.6. The van der Waals surface area contributed by atoms with Gasteiger partial charge in [-0.3, -0.25) is 9.36 Å². The van der Waals surface area contributed by atoms with Crippen molar-refractivity contribution in [3.05, 3.63) is 42.2 Å². The molecule has 1 aromatic heterocycles. The first kappa shape index (κ1) is 18.1. The zero-order valence-electron chi connectivity index (χ0n) is 14.0. The van der Waals surface area contributed by atoms with Crippen LogP contribution in [0.15, 0.2) is 41.7 Å². The van der Waals surface area contributed by atoms with E-state index < -0.39 is 12.1 Å². The summed E-state index contributed by atoms with van der Waals surface area (Å²) < 4.78 is 7.02. The Morgan fingerprint density at radius 1 is 1.33 bits per heavy atom. The summed E-state index contributed by atoms with van der Waals surface area (Å²) in [7, 11) is 0. The Morgan fingerprint density at radius 2 is 2.04 bits per heavy atom. The highest BCUT2D eigenvalue weighted by Gasteiger charge is 2.23. The second-order valence-corrected chi connectivity index (χ2v) is 5.91. The molecule has 1 aromatic carbocycles. The predicted octanol–water partition coefficient (Wildman–Crippen LogP) is 2.67. The summed E-state index contributed by atoms with van der Waals surface area (Å²) in [5, 5.41) is 3.39. The average Bonchev–Trinajstić information content (AvgIpc) is 3.04. The van der Waals surface area contributed by atoms with E-state index in [9.17, 15) is 9.59 Å². The number of nitrogens with one attached hydrogen (secondary N) is 1. The number of benzene rings is 1. The van der Waals surface area contributed by atoms with Crippen molar-refractivity contribution in [2.24, 2.45) is 0 Å². The molecule has 0 bridgehead atoms. The van der Waals surface area contributed by atoms with Gasteiger partial charge in [0.15, 0.2) is 17.0 Å². The summed E-state index contributed by atoms with van der Waals surface area (Å²) in [6.45, 7) is 4.07. The lowest BCUT2D eigenvalue weighted by molar-refractivity contribution is -0.129. The zero-order valence-corrected chi connectivity index (χ0v) is 14.8. The summed E-state index contributed by atoms with van der Waals surface area (Å²) >= 11 is 1.43. The van der Waals surface area contributed by atoms with E-state index in [2.05, 4.69) is 10.3 Å². The van der Waals surface area contributed by atoms with E-state index in [1.54, 1.807) is 11.5 Å². The number of hydrogen-bond acceptors (Lipinski definition) is 5. The van der Waals surface area contributed by atoms with Crippen LogP contribution < -0.4 is 5.32 Å². The molecular weight excluding hydrogens is 326 g/mol. The van der Waals surface area contributed by atoms with Gasteiger partial charge in [-0.1, -0.05) is 36.9 Å². The van der Waals surface area contributed by atoms with Crippen molar-refractivity contribution in [2.75, 3.05) is 12.8 Å².